The quantitative estimate of drug-likeness (QED) is 0.728. The fraction of sp³-hybridized carbons (Fsp3) is 0.667. The monoisotopic (exact) mass is 274 g/mol. The summed E-state index contributed by atoms with van der Waals surface area (Å²) in [5.74, 6) is 0.659. The van der Waals surface area contributed by atoms with E-state index in [4.69, 9.17) is 0 Å². The second kappa shape index (κ2) is 9.15. The Balaban J connectivity index is 1.59. The minimum absolute atomic E-state index is 0.659. The molecular weight excluding hydrogens is 244 g/mol. The highest BCUT2D eigenvalue weighted by molar-refractivity contribution is 5.19. The first-order chi connectivity index (χ1) is 9.90. The van der Waals surface area contributed by atoms with Gasteiger partial charge in [-0.05, 0) is 63.3 Å². The summed E-state index contributed by atoms with van der Waals surface area (Å²) in [5.41, 5.74) is 1.47. The third-order valence-electron chi connectivity index (χ3n) is 4.43. The molecule has 0 aromatic heterocycles. The molecule has 20 heavy (non-hydrogen) atoms. The van der Waals surface area contributed by atoms with E-state index in [9.17, 15) is 0 Å². The van der Waals surface area contributed by atoms with Crippen LogP contribution in [-0.4, -0.2) is 37.6 Å². The van der Waals surface area contributed by atoms with Crippen molar-refractivity contribution in [2.24, 2.45) is 0 Å². The summed E-state index contributed by atoms with van der Waals surface area (Å²) in [6.07, 6.45) is 6.73. The molecule has 1 aliphatic rings. The summed E-state index contributed by atoms with van der Waals surface area (Å²) in [4.78, 5) is 2.62. The fourth-order valence-corrected chi connectivity index (χ4v) is 3.11. The van der Waals surface area contributed by atoms with Gasteiger partial charge in [0, 0.05) is 6.54 Å². The van der Waals surface area contributed by atoms with Gasteiger partial charge in [-0.2, -0.15) is 0 Å². The van der Waals surface area contributed by atoms with E-state index in [0.717, 1.165) is 13.1 Å². The van der Waals surface area contributed by atoms with Crippen LogP contribution in [-0.2, 0) is 0 Å². The van der Waals surface area contributed by atoms with Gasteiger partial charge >= 0.3 is 0 Å². The van der Waals surface area contributed by atoms with Crippen LogP contribution >= 0.6 is 0 Å². The molecule has 1 unspecified atom stereocenters. The van der Waals surface area contributed by atoms with Crippen LogP contribution < -0.4 is 5.32 Å². The Labute approximate surface area is 124 Å². The number of hydrogen-bond acceptors (Lipinski definition) is 2. The molecule has 1 saturated heterocycles. The Kier molecular flexibility index (Phi) is 7.10. The lowest BCUT2D eigenvalue weighted by atomic mass is 9.96. The van der Waals surface area contributed by atoms with Gasteiger partial charge in [0.25, 0.3) is 0 Å². The minimum atomic E-state index is 0.659. The Morgan fingerprint density at radius 2 is 1.85 bits per heavy atom. The van der Waals surface area contributed by atoms with Gasteiger partial charge in [-0.15, -0.1) is 0 Å². The maximum absolute atomic E-state index is 3.65. The predicted molar refractivity (Wildman–Crippen MR) is 87.3 cm³/mol. The van der Waals surface area contributed by atoms with Crippen molar-refractivity contribution in [1.29, 1.82) is 0 Å². The van der Waals surface area contributed by atoms with Crippen LogP contribution in [0.2, 0.25) is 0 Å². The van der Waals surface area contributed by atoms with E-state index >= 15 is 0 Å². The van der Waals surface area contributed by atoms with Crippen LogP contribution in [0.1, 0.15) is 50.5 Å². The summed E-state index contributed by atoms with van der Waals surface area (Å²) in [6.45, 7) is 8.46. The molecule has 2 nitrogen and oxygen atoms in total. The summed E-state index contributed by atoms with van der Waals surface area (Å²) in [5, 5.41) is 3.65. The van der Waals surface area contributed by atoms with Crippen molar-refractivity contribution in [1.82, 2.24) is 10.2 Å². The van der Waals surface area contributed by atoms with Gasteiger partial charge in [0.15, 0.2) is 0 Å². The summed E-state index contributed by atoms with van der Waals surface area (Å²) >= 11 is 0. The number of piperidine rings is 1. The normalized spacial score (nSPS) is 18.1. The van der Waals surface area contributed by atoms with E-state index < -0.39 is 0 Å². The summed E-state index contributed by atoms with van der Waals surface area (Å²) in [6, 6.07) is 10.9. The van der Waals surface area contributed by atoms with Gasteiger partial charge in [0.2, 0.25) is 0 Å². The Bertz CT molecular complexity index is 344. The highest BCUT2D eigenvalue weighted by atomic mass is 15.1. The van der Waals surface area contributed by atoms with E-state index in [2.05, 4.69) is 47.5 Å². The molecule has 1 N–H and O–H groups in total. The standard InChI is InChI=1S/C18H30N2/c1-2-17(18-10-5-3-6-11-18)16-19-12-9-15-20-13-7-4-8-14-20/h3,5-6,10-11,17,19H,2,4,7-9,12-16H2,1H3. The zero-order chi connectivity index (χ0) is 14.0. The zero-order valence-electron chi connectivity index (χ0n) is 13.0. The summed E-state index contributed by atoms with van der Waals surface area (Å²) < 4.78 is 0. The number of rotatable bonds is 8. The number of nitrogens with zero attached hydrogens (tertiary/aromatic N) is 1. The topological polar surface area (TPSA) is 15.3 Å². The van der Waals surface area contributed by atoms with E-state index in [1.807, 2.05) is 0 Å². The number of nitrogens with one attached hydrogen (secondary N) is 1. The van der Waals surface area contributed by atoms with Crippen LogP contribution in [0, 0.1) is 0 Å². The van der Waals surface area contributed by atoms with Crippen molar-refractivity contribution in [3.05, 3.63) is 35.9 Å². The molecule has 1 fully saturated rings. The third-order valence-corrected chi connectivity index (χ3v) is 4.43. The first kappa shape index (κ1) is 15.5. The largest absolute Gasteiger partial charge is 0.316 e. The van der Waals surface area contributed by atoms with Crippen molar-refractivity contribution < 1.29 is 0 Å². The van der Waals surface area contributed by atoms with Crippen LogP contribution in [0.5, 0.6) is 0 Å². The molecule has 0 radical (unpaired) electrons. The van der Waals surface area contributed by atoms with Gasteiger partial charge in [-0.3, -0.25) is 0 Å². The second-order valence-electron chi connectivity index (χ2n) is 5.98. The average molecular weight is 274 g/mol. The zero-order valence-corrected chi connectivity index (χ0v) is 13.0. The molecule has 1 heterocycles. The molecule has 0 amide bonds. The maximum atomic E-state index is 3.65. The number of likely N-dealkylation sites (tertiary alicyclic amines) is 1. The lowest BCUT2D eigenvalue weighted by Crippen LogP contribution is -2.32. The Morgan fingerprint density at radius 1 is 1.10 bits per heavy atom. The lowest BCUT2D eigenvalue weighted by Gasteiger charge is -2.26. The highest BCUT2D eigenvalue weighted by Gasteiger charge is 2.10. The molecule has 1 aliphatic heterocycles. The predicted octanol–water partition coefficient (Wildman–Crippen LogP) is 3.65. The Morgan fingerprint density at radius 3 is 2.55 bits per heavy atom. The van der Waals surface area contributed by atoms with Crippen molar-refractivity contribution in [3.63, 3.8) is 0 Å². The Hall–Kier alpha value is -0.860. The van der Waals surface area contributed by atoms with Gasteiger partial charge in [-0.25, -0.2) is 0 Å². The van der Waals surface area contributed by atoms with E-state index in [0.29, 0.717) is 5.92 Å². The maximum Gasteiger partial charge on any atom is 0.00200 e. The lowest BCUT2D eigenvalue weighted by molar-refractivity contribution is 0.225. The highest BCUT2D eigenvalue weighted by Crippen LogP contribution is 2.17. The first-order valence-electron chi connectivity index (χ1n) is 8.38. The summed E-state index contributed by atoms with van der Waals surface area (Å²) in [7, 11) is 0. The molecule has 2 heteroatoms. The van der Waals surface area contributed by atoms with E-state index in [1.54, 1.807) is 0 Å². The van der Waals surface area contributed by atoms with Crippen LogP contribution in [0.3, 0.4) is 0 Å². The molecule has 1 aromatic rings. The van der Waals surface area contributed by atoms with E-state index in [1.165, 1.54) is 57.3 Å². The average Bonchev–Trinajstić information content (AvgIpc) is 2.53. The molecule has 0 saturated carbocycles. The SMILES string of the molecule is CCC(CNCCCN1CCCCC1)c1ccccc1. The number of benzene rings is 1. The molecule has 1 atom stereocenters. The van der Waals surface area contributed by atoms with Crippen LogP contribution in [0.15, 0.2) is 30.3 Å². The van der Waals surface area contributed by atoms with Gasteiger partial charge < -0.3 is 10.2 Å². The molecule has 112 valence electrons. The molecule has 0 bridgehead atoms. The fourth-order valence-electron chi connectivity index (χ4n) is 3.11. The molecule has 1 aromatic carbocycles. The molecule has 0 spiro atoms. The minimum Gasteiger partial charge on any atom is -0.316 e. The van der Waals surface area contributed by atoms with Crippen molar-refractivity contribution >= 4 is 0 Å². The molecule has 0 aliphatic carbocycles. The van der Waals surface area contributed by atoms with Crippen molar-refractivity contribution in [3.8, 4) is 0 Å². The first-order valence-corrected chi connectivity index (χ1v) is 8.38. The number of hydrogen-bond donors (Lipinski definition) is 1. The molecular formula is C18H30N2. The molecule has 2 rings (SSSR count). The van der Waals surface area contributed by atoms with Crippen molar-refractivity contribution in [2.75, 3.05) is 32.7 Å². The van der Waals surface area contributed by atoms with Crippen molar-refractivity contribution in [2.45, 2.75) is 44.9 Å². The third kappa shape index (κ3) is 5.26. The second-order valence-corrected chi connectivity index (χ2v) is 5.98. The van der Waals surface area contributed by atoms with Gasteiger partial charge in [0.1, 0.15) is 0 Å². The smallest absolute Gasteiger partial charge is 0.00200 e. The van der Waals surface area contributed by atoms with Gasteiger partial charge in [-0.1, -0.05) is 43.7 Å². The van der Waals surface area contributed by atoms with E-state index in [-0.39, 0.29) is 0 Å². The van der Waals surface area contributed by atoms with Gasteiger partial charge in [0.05, 0.1) is 0 Å². The van der Waals surface area contributed by atoms with Crippen LogP contribution in [0.25, 0.3) is 0 Å². The van der Waals surface area contributed by atoms with Crippen LogP contribution in [0.4, 0.5) is 0 Å².